The van der Waals surface area contributed by atoms with Gasteiger partial charge in [-0.3, -0.25) is 0 Å². The highest BCUT2D eigenvalue weighted by molar-refractivity contribution is 7.89. The number of sulfonamides is 1. The second kappa shape index (κ2) is 6.87. The van der Waals surface area contributed by atoms with E-state index in [4.69, 9.17) is 4.74 Å². The number of nitrogens with zero attached hydrogens (tertiary/aromatic N) is 1. The minimum Gasteiger partial charge on any atom is -0.495 e. The zero-order valence-electron chi connectivity index (χ0n) is 14.9. The highest BCUT2D eigenvalue weighted by atomic mass is 32.2. The molecule has 2 fully saturated rings. The number of fused-ring (bicyclic) bond motifs is 1. The quantitative estimate of drug-likeness (QED) is 0.841. The minimum atomic E-state index is -3.69. The average Bonchev–Trinajstić information content (AvgIpc) is 2.98. The summed E-state index contributed by atoms with van der Waals surface area (Å²) in [6.07, 6.45) is -0.632. The van der Waals surface area contributed by atoms with E-state index in [1.54, 1.807) is 12.1 Å². The summed E-state index contributed by atoms with van der Waals surface area (Å²) in [7, 11) is -2.21. The highest BCUT2D eigenvalue weighted by Crippen LogP contribution is 2.40. The third-order valence-electron chi connectivity index (χ3n) is 5.55. The van der Waals surface area contributed by atoms with Gasteiger partial charge in [0.2, 0.25) is 10.0 Å². The summed E-state index contributed by atoms with van der Waals surface area (Å²) in [5, 5.41) is 19.7. The molecule has 140 valence electrons. The first kappa shape index (κ1) is 18.6. The Bertz CT molecular complexity index is 715. The van der Waals surface area contributed by atoms with Crippen molar-refractivity contribution < 1.29 is 23.4 Å². The molecule has 1 aromatic carbocycles. The lowest BCUT2D eigenvalue weighted by molar-refractivity contribution is -0.0372. The van der Waals surface area contributed by atoms with Gasteiger partial charge < -0.3 is 14.9 Å². The van der Waals surface area contributed by atoms with Gasteiger partial charge in [-0.15, -0.1) is 0 Å². The molecule has 0 spiro atoms. The zero-order valence-corrected chi connectivity index (χ0v) is 15.7. The largest absolute Gasteiger partial charge is 0.495 e. The maximum Gasteiger partial charge on any atom is 0.246 e. The van der Waals surface area contributed by atoms with Crippen LogP contribution >= 0.6 is 0 Å². The molecule has 1 aromatic rings. The lowest BCUT2D eigenvalue weighted by Gasteiger charge is -2.31. The number of ether oxygens (including phenoxy) is 1. The molecule has 2 N–H and O–H groups in total. The van der Waals surface area contributed by atoms with Crippen LogP contribution in [0.4, 0.5) is 0 Å². The van der Waals surface area contributed by atoms with E-state index < -0.39 is 22.2 Å². The number of hydrogen-bond donors (Lipinski definition) is 2. The Labute approximate surface area is 149 Å². The van der Waals surface area contributed by atoms with Crippen molar-refractivity contribution in [2.75, 3.05) is 20.2 Å². The van der Waals surface area contributed by atoms with Crippen LogP contribution in [-0.2, 0) is 10.0 Å². The zero-order chi connectivity index (χ0) is 18.4. The number of benzene rings is 1. The predicted octanol–water partition coefficient (Wildman–Crippen LogP) is 1.57. The van der Waals surface area contributed by atoms with Gasteiger partial charge in [-0.05, 0) is 48.3 Å². The Morgan fingerprint density at radius 3 is 2.16 bits per heavy atom. The Morgan fingerprint density at radius 2 is 1.68 bits per heavy atom. The van der Waals surface area contributed by atoms with E-state index in [1.165, 1.54) is 11.4 Å². The summed E-state index contributed by atoms with van der Waals surface area (Å²) in [6, 6.07) is 5.29. The van der Waals surface area contributed by atoms with Crippen LogP contribution in [0.1, 0.15) is 38.2 Å². The summed E-state index contributed by atoms with van der Waals surface area (Å²) < 4.78 is 33.2. The van der Waals surface area contributed by atoms with Gasteiger partial charge in [0.25, 0.3) is 0 Å². The first-order chi connectivity index (χ1) is 11.7. The molecule has 1 saturated heterocycles. The fourth-order valence-corrected chi connectivity index (χ4v) is 5.70. The van der Waals surface area contributed by atoms with Crippen LogP contribution in [0.15, 0.2) is 23.1 Å². The molecular formula is C18H27NO5S. The summed E-state index contributed by atoms with van der Waals surface area (Å²) in [5.41, 5.74) is 0.946. The van der Waals surface area contributed by atoms with Gasteiger partial charge in [0.1, 0.15) is 10.6 Å². The van der Waals surface area contributed by atoms with Gasteiger partial charge in [-0.25, -0.2) is 8.42 Å². The first-order valence-electron chi connectivity index (χ1n) is 8.78. The summed E-state index contributed by atoms with van der Waals surface area (Å²) in [5.74, 6) is 0.741. The second-order valence-corrected chi connectivity index (χ2v) is 9.42. The molecule has 6 nitrogen and oxygen atoms in total. The molecule has 4 atom stereocenters. The van der Waals surface area contributed by atoms with Crippen molar-refractivity contribution in [3.63, 3.8) is 0 Å². The molecule has 3 rings (SSSR count). The van der Waals surface area contributed by atoms with Crippen molar-refractivity contribution in [2.24, 2.45) is 11.8 Å². The molecular weight excluding hydrogens is 342 g/mol. The molecule has 0 aromatic heterocycles. The van der Waals surface area contributed by atoms with Crippen molar-refractivity contribution in [3.05, 3.63) is 23.8 Å². The Morgan fingerprint density at radius 1 is 1.12 bits per heavy atom. The average molecular weight is 369 g/mol. The maximum atomic E-state index is 13.2. The van der Waals surface area contributed by atoms with E-state index >= 15 is 0 Å². The van der Waals surface area contributed by atoms with E-state index in [9.17, 15) is 18.6 Å². The smallest absolute Gasteiger partial charge is 0.246 e. The first-order valence-corrected chi connectivity index (χ1v) is 10.2. The lowest BCUT2D eigenvalue weighted by atomic mass is 9.79. The van der Waals surface area contributed by atoms with Gasteiger partial charge >= 0.3 is 0 Å². The van der Waals surface area contributed by atoms with E-state index in [0.29, 0.717) is 31.7 Å². The molecule has 1 heterocycles. The molecule has 7 heteroatoms. The van der Waals surface area contributed by atoms with Crippen LogP contribution in [0.25, 0.3) is 0 Å². The Hall–Kier alpha value is -1.15. The van der Waals surface area contributed by atoms with E-state index in [0.717, 1.165) is 5.56 Å². The van der Waals surface area contributed by atoms with Crippen LogP contribution < -0.4 is 4.74 Å². The van der Waals surface area contributed by atoms with Crippen molar-refractivity contribution in [2.45, 2.75) is 49.7 Å². The normalized spacial score (nSPS) is 30.5. The van der Waals surface area contributed by atoms with Crippen molar-refractivity contribution in [3.8, 4) is 5.75 Å². The summed E-state index contributed by atoms with van der Waals surface area (Å²) in [4.78, 5) is 0.195. The van der Waals surface area contributed by atoms with E-state index in [-0.39, 0.29) is 22.6 Å². The Kier molecular flexibility index (Phi) is 5.12. The lowest BCUT2D eigenvalue weighted by Crippen LogP contribution is -2.38. The fourth-order valence-electron chi connectivity index (χ4n) is 3.95. The molecule has 0 unspecified atom stereocenters. The summed E-state index contributed by atoms with van der Waals surface area (Å²) >= 11 is 0. The number of aliphatic hydroxyl groups is 2. The van der Waals surface area contributed by atoms with Crippen molar-refractivity contribution in [1.29, 1.82) is 0 Å². The van der Waals surface area contributed by atoms with Crippen LogP contribution in [0, 0.1) is 11.8 Å². The van der Waals surface area contributed by atoms with Crippen molar-refractivity contribution in [1.82, 2.24) is 4.31 Å². The molecule has 0 radical (unpaired) electrons. The fraction of sp³-hybridized carbons (Fsp3) is 0.667. The second-order valence-electron chi connectivity index (χ2n) is 7.51. The summed E-state index contributed by atoms with van der Waals surface area (Å²) in [6.45, 7) is 4.80. The molecule has 0 bridgehead atoms. The third-order valence-corrected chi connectivity index (χ3v) is 7.40. The van der Waals surface area contributed by atoms with Crippen LogP contribution in [0.2, 0.25) is 0 Å². The molecule has 1 saturated carbocycles. The minimum absolute atomic E-state index is 0.0902. The highest BCUT2D eigenvalue weighted by Gasteiger charge is 2.45. The molecule has 0 amide bonds. The van der Waals surface area contributed by atoms with E-state index in [1.807, 2.05) is 19.9 Å². The predicted molar refractivity (Wildman–Crippen MR) is 94.1 cm³/mol. The third kappa shape index (κ3) is 3.43. The van der Waals surface area contributed by atoms with Gasteiger partial charge in [-0.2, -0.15) is 4.31 Å². The van der Waals surface area contributed by atoms with Crippen LogP contribution in [0.5, 0.6) is 5.75 Å². The molecule has 1 aliphatic heterocycles. The number of methoxy groups -OCH3 is 1. The SMILES string of the molecule is COc1ccc(C(C)C)cc1S(=O)(=O)N1C[C@H]2C[C@H](O)[C@H](O)C[C@H]2C1. The topological polar surface area (TPSA) is 87.1 Å². The molecule has 2 aliphatic rings. The molecule has 25 heavy (non-hydrogen) atoms. The number of hydrogen-bond acceptors (Lipinski definition) is 5. The molecule has 1 aliphatic carbocycles. The van der Waals surface area contributed by atoms with E-state index in [2.05, 4.69) is 0 Å². The van der Waals surface area contributed by atoms with Gasteiger partial charge in [0.15, 0.2) is 0 Å². The van der Waals surface area contributed by atoms with Crippen molar-refractivity contribution >= 4 is 10.0 Å². The van der Waals surface area contributed by atoms with Gasteiger partial charge in [0, 0.05) is 13.1 Å². The van der Waals surface area contributed by atoms with Crippen LogP contribution in [0.3, 0.4) is 0 Å². The standard InChI is InChI=1S/C18H27NO5S/c1-11(2)12-4-5-17(24-3)18(8-12)25(22,23)19-9-13-6-15(20)16(21)7-14(13)10-19/h4-5,8,11,13-16,20-21H,6-7,9-10H2,1-3H3/t13-,14+,15+,16-. The van der Waals surface area contributed by atoms with Crippen LogP contribution in [-0.4, -0.2) is 55.3 Å². The number of aliphatic hydroxyl groups excluding tert-OH is 2. The van der Waals surface area contributed by atoms with Gasteiger partial charge in [0.05, 0.1) is 19.3 Å². The number of rotatable bonds is 4. The monoisotopic (exact) mass is 369 g/mol. The maximum absolute atomic E-state index is 13.2. The van der Waals surface area contributed by atoms with Gasteiger partial charge in [-0.1, -0.05) is 19.9 Å². The Balaban J connectivity index is 1.91.